The molecule has 7 heteroatoms. The highest BCUT2D eigenvalue weighted by molar-refractivity contribution is 7.18. The normalized spacial score (nSPS) is 10.2. The number of thiazole rings is 1. The van der Waals surface area contributed by atoms with Crippen LogP contribution in [0.1, 0.15) is 16.6 Å². The molecule has 6 nitrogen and oxygen atoms in total. The molecular weight excluding hydrogens is 228 g/mol. The highest BCUT2D eigenvalue weighted by Crippen LogP contribution is 2.25. The first-order chi connectivity index (χ1) is 7.60. The zero-order valence-electron chi connectivity index (χ0n) is 9.36. The number of nitrogens with one attached hydrogen (secondary N) is 1. The van der Waals surface area contributed by atoms with Gasteiger partial charge in [0.1, 0.15) is 10.7 Å². The maximum absolute atomic E-state index is 11.9. The largest absolute Gasteiger partial charge is 0.395 e. The van der Waals surface area contributed by atoms with Gasteiger partial charge in [0.05, 0.1) is 6.61 Å². The summed E-state index contributed by atoms with van der Waals surface area (Å²) in [6, 6.07) is 0. The van der Waals surface area contributed by atoms with E-state index in [9.17, 15) is 4.79 Å². The van der Waals surface area contributed by atoms with Crippen molar-refractivity contribution < 1.29 is 9.90 Å². The summed E-state index contributed by atoms with van der Waals surface area (Å²) in [5.41, 5.74) is 5.66. The van der Waals surface area contributed by atoms with Crippen molar-refractivity contribution in [2.45, 2.75) is 6.92 Å². The van der Waals surface area contributed by atoms with E-state index in [-0.39, 0.29) is 24.9 Å². The quantitative estimate of drug-likeness (QED) is 0.689. The first-order valence-electron chi connectivity index (χ1n) is 4.96. The number of carbonyl (C=O) groups excluding carboxylic acids is 1. The molecule has 0 radical (unpaired) electrons. The van der Waals surface area contributed by atoms with Crippen molar-refractivity contribution in [2.75, 3.05) is 37.8 Å². The number of amides is 1. The van der Waals surface area contributed by atoms with Crippen LogP contribution in [0.2, 0.25) is 0 Å². The van der Waals surface area contributed by atoms with Gasteiger partial charge in [0.15, 0.2) is 5.13 Å². The Morgan fingerprint density at radius 2 is 2.38 bits per heavy atom. The number of aliphatic hydroxyl groups excluding tert-OH is 1. The Hall–Kier alpha value is -1.34. The van der Waals surface area contributed by atoms with Crippen LogP contribution in [0.4, 0.5) is 10.9 Å². The number of nitrogens with zero attached hydrogens (tertiary/aromatic N) is 2. The van der Waals surface area contributed by atoms with E-state index >= 15 is 0 Å². The number of nitrogen functional groups attached to an aromatic ring is 1. The number of nitrogens with two attached hydrogens (primary N) is 1. The van der Waals surface area contributed by atoms with Crippen molar-refractivity contribution in [2.24, 2.45) is 0 Å². The second kappa shape index (κ2) is 5.66. The number of carbonyl (C=O) groups is 1. The van der Waals surface area contributed by atoms with Gasteiger partial charge in [-0.05, 0) is 6.92 Å². The van der Waals surface area contributed by atoms with Crippen molar-refractivity contribution >= 4 is 28.2 Å². The topological polar surface area (TPSA) is 91.5 Å². The molecule has 0 saturated heterocycles. The van der Waals surface area contributed by atoms with Crippen molar-refractivity contribution in [1.29, 1.82) is 0 Å². The third-order valence-electron chi connectivity index (χ3n) is 1.96. The Kier molecular flexibility index (Phi) is 4.51. The van der Waals surface area contributed by atoms with Gasteiger partial charge < -0.3 is 21.1 Å². The van der Waals surface area contributed by atoms with E-state index < -0.39 is 0 Å². The van der Waals surface area contributed by atoms with Crippen LogP contribution in [0.3, 0.4) is 0 Å². The van der Waals surface area contributed by atoms with Crippen molar-refractivity contribution in [3.8, 4) is 0 Å². The van der Waals surface area contributed by atoms with Gasteiger partial charge in [-0.15, -0.1) is 0 Å². The molecule has 0 unspecified atom stereocenters. The zero-order valence-corrected chi connectivity index (χ0v) is 10.2. The van der Waals surface area contributed by atoms with Gasteiger partial charge in [0, 0.05) is 20.1 Å². The molecular formula is C9H16N4O2S. The number of likely N-dealkylation sites (N-methyl/N-ethyl adjacent to an activating group) is 1. The predicted molar refractivity (Wildman–Crippen MR) is 64.7 cm³/mol. The number of anilines is 2. The van der Waals surface area contributed by atoms with Gasteiger partial charge in [-0.3, -0.25) is 4.79 Å². The van der Waals surface area contributed by atoms with E-state index in [2.05, 4.69) is 10.3 Å². The van der Waals surface area contributed by atoms with Gasteiger partial charge in [-0.25, -0.2) is 4.98 Å². The standard InChI is InChI=1S/C9H16N4O2S/c1-3-11-9-12-7(10)6(16-9)8(15)13(2)4-5-14/h14H,3-5,10H2,1-2H3,(H,11,12). The van der Waals surface area contributed by atoms with Gasteiger partial charge in [0.25, 0.3) is 5.91 Å². The van der Waals surface area contributed by atoms with Crippen LogP contribution in [-0.4, -0.2) is 47.6 Å². The molecule has 90 valence electrons. The molecule has 0 fully saturated rings. The summed E-state index contributed by atoms with van der Waals surface area (Å²) in [6.45, 7) is 2.89. The maximum Gasteiger partial charge on any atom is 0.267 e. The highest BCUT2D eigenvalue weighted by atomic mass is 32.1. The molecule has 0 spiro atoms. The summed E-state index contributed by atoms with van der Waals surface area (Å²) in [5.74, 6) is 0.0175. The molecule has 0 aliphatic carbocycles. The first-order valence-corrected chi connectivity index (χ1v) is 5.78. The van der Waals surface area contributed by atoms with E-state index in [1.54, 1.807) is 7.05 Å². The molecule has 1 aromatic heterocycles. The van der Waals surface area contributed by atoms with Crippen LogP contribution in [-0.2, 0) is 0 Å². The van der Waals surface area contributed by atoms with Crippen LogP contribution in [0.15, 0.2) is 0 Å². The number of aliphatic hydroxyl groups is 1. The summed E-state index contributed by atoms with van der Waals surface area (Å²) in [6.07, 6.45) is 0. The second-order valence-electron chi connectivity index (χ2n) is 3.21. The molecule has 0 atom stereocenters. The van der Waals surface area contributed by atoms with Crippen molar-refractivity contribution in [3.63, 3.8) is 0 Å². The smallest absolute Gasteiger partial charge is 0.267 e. The lowest BCUT2D eigenvalue weighted by molar-refractivity contribution is 0.0772. The van der Waals surface area contributed by atoms with E-state index in [1.807, 2.05) is 6.92 Å². The Labute approximate surface area is 98.1 Å². The number of hydrogen-bond donors (Lipinski definition) is 3. The highest BCUT2D eigenvalue weighted by Gasteiger charge is 2.19. The Balaban J connectivity index is 2.82. The molecule has 0 aliphatic heterocycles. The molecule has 0 aromatic carbocycles. The molecule has 0 bridgehead atoms. The maximum atomic E-state index is 11.9. The molecule has 0 saturated carbocycles. The molecule has 1 heterocycles. The van der Waals surface area contributed by atoms with Gasteiger partial charge in [-0.2, -0.15) is 0 Å². The van der Waals surface area contributed by atoms with Crippen LogP contribution in [0.25, 0.3) is 0 Å². The van der Waals surface area contributed by atoms with Gasteiger partial charge in [-0.1, -0.05) is 11.3 Å². The van der Waals surface area contributed by atoms with E-state index in [0.717, 1.165) is 6.54 Å². The summed E-state index contributed by atoms with van der Waals surface area (Å²) in [5, 5.41) is 12.4. The van der Waals surface area contributed by atoms with Crippen molar-refractivity contribution in [3.05, 3.63) is 4.88 Å². The minimum absolute atomic E-state index is 0.0684. The summed E-state index contributed by atoms with van der Waals surface area (Å²) >= 11 is 1.23. The summed E-state index contributed by atoms with van der Waals surface area (Å²) in [7, 11) is 1.62. The minimum atomic E-state index is -0.215. The molecule has 1 aromatic rings. The SMILES string of the molecule is CCNc1nc(N)c(C(=O)N(C)CCO)s1. The minimum Gasteiger partial charge on any atom is -0.395 e. The third kappa shape index (κ3) is 2.83. The van der Waals surface area contributed by atoms with Crippen LogP contribution in [0, 0.1) is 0 Å². The number of aromatic nitrogens is 1. The fourth-order valence-electron chi connectivity index (χ4n) is 1.14. The number of rotatable bonds is 5. The fraction of sp³-hybridized carbons (Fsp3) is 0.556. The zero-order chi connectivity index (χ0) is 12.1. The fourth-order valence-corrected chi connectivity index (χ4v) is 2.08. The Morgan fingerprint density at radius 3 is 2.94 bits per heavy atom. The molecule has 0 aliphatic rings. The lowest BCUT2D eigenvalue weighted by Gasteiger charge is -2.14. The van der Waals surface area contributed by atoms with E-state index in [0.29, 0.717) is 10.0 Å². The molecule has 1 amide bonds. The third-order valence-corrected chi connectivity index (χ3v) is 2.97. The molecule has 1 rings (SSSR count). The van der Waals surface area contributed by atoms with Gasteiger partial charge in [0.2, 0.25) is 0 Å². The monoisotopic (exact) mass is 244 g/mol. The van der Waals surface area contributed by atoms with Crippen LogP contribution < -0.4 is 11.1 Å². The average molecular weight is 244 g/mol. The van der Waals surface area contributed by atoms with Crippen LogP contribution in [0.5, 0.6) is 0 Å². The van der Waals surface area contributed by atoms with E-state index in [1.165, 1.54) is 16.2 Å². The summed E-state index contributed by atoms with van der Waals surface area (Å²) < 4.78 is 0. The predicted octanol–water partition coefficient (Wildman–Crippen LogP) is 0.221. The number of hydrogen-bond acceptors (Lipinski definition) is 6. The Bertz CT molecular complexity index is 366. The second-order valence-corrected chi connectivity index (χ2v) is 4.21. The first kappa shape index (κ1) is 12.7. The van der Waals surface area contributed by atoms with Gasteiger partial charge >= 0.3 is 0 Å². The van der Waals surface area contributed by atoms with Crippen molar-refractivity contribution in [1.82, 2.24) is 9.88 Å². The van der Waals surface area contributed by atoms with E-state index in [4.69, 9.17) is 10.8 Å². The van der Waals surface area contributed by atoms with Crippen LogP contribution >= 0.6 is 11.3 Å². The summed E-state index contributed by atoms with van der Waals surface area (Å²) in [4.78, 5) is 17.7. The lowest BCUT2D eigenvalue weighted by Crippen LogP contribution is -2.29. The Morgan fingerprint density at radius 1 is 1.69 bits per heavy atom. The molecule has 16 heavy (non-hydrogen) atoms. The average Bonchev–Trinajstić information content (AvgIpc) is 2.59. The molecule has 4 N–H and O–H groups in total. The lowest BCUT2D eigenvalue weighted by atomic mass is 10.4.